The Labute approximate surface area is 200 Å². The Hall–Kier alpha value is -1.70. The van der Waals surface area contributed by atoms with Gasteiger partial charge in [0.2, 0.25) is 11.8 Å². The SMILES string of the molecule is COC(=O)C(CC1=CCC=N1)NC(=O)C(NC(=O)CCCCCCCBr)C1CCCCC1. The predicted octanol–water partition coefficient (Wildman–Crippen LogP) is 4.19. The molecule has 8 heteroatoms. The Kier molecular flexibility index (Phi) is 12.6. The first-order valence-corrected chi connectivity index (χ1v) is 13.1. The maximum Gasteiger partial charge on any atom is 0.328 e. The third-order valence-electron chi connectivity index (χ3n) is 6.19. The summed E-state index contributed by atoms with van der Waals surface area (Å²) < 4.78 is 4.90. The number of rotatable bonds is 14. The number of hydrogen-bond donors (Lipinski definition) is 2. The lowest BCUT2D eigenvalue weighted by molar-refractivity contribution is -0.145. The summed E-state index contributed by atoms with van der Waals surface area (Å²) >= 11 is 3.43. The highest BCUT2D eigenvalue weighted by molar-refractivity contribution is 9.09. The lowest BCUT2D eigenvalue weighted by atomic mass is 9.83. The van der Waals surface area contributed by atoms with Crippen molar-refractivity contribution >= 4 is 39.9 Å². The van der Waals surface area contributed by atoms with Crippen LogP contribution >= 0.6 is 15.9 Å². The van der Waals surface area contributed by atoms with E-state index in [0.29, 0.717) is 6.42 Å². The maximum atomic E-state index is 13.2. The number of esters is 1. The summed E-state index contributed by atoms with van der Waals surface area (Å²) in [5.41, 5.74) is 0.763. The molecule has 0 radical (unpaired) electrons. The molecule has 0 bridgehead atoms. The van der Waals surface area contributed by atoms with E-state index >= 15 is 0 Å². The molecule has 1 saturated carbocycles. The number of carbonyl (C=O) groups excluding carboxylic acids is 3. The van der Waals surface area contributed by atoms with Gasteiger partial charge in [-0.3, -0.25) is 14.6 Å². The van der Waals surface area contributed by atoms with E-state index in [4.69, 9.17) is 4.74 Å². The van der Waals surface area contributed by atoms with Crippen molar-refractivity contribution in [3.8, 4) is 0 Å². The zero-order valence-electron chi connectivity index (χ0n) is 19.2. The quantitative estimate of drug-likeness (QED) is 0.207. The van der Waals surface area contributed by atoms with Crippen molar-refractivity contribution in [3.63, 3.8) is 0 Å². The molecule has 2 amide bonds. The Bertz CT molecular complexity index is 674. The molecule has 2 N–H and O–H groups in total. The lowest BCUT2D eigenvalue weighted by Crippen LogP contribution is -2.55. The van der Waals surface area contributed by atoms with Crippen molar-refractivity contribution in [3.05, 3.63) is 11.8 Å². The largest absolute Gasteiger partial charge is 0.467 e. The van der Waals surface area contributed by atoms with Crippen LogP contribution in [0.25, 0.3) is 0 Å². The second-order valence-corrected chi connectivity index (χ2v) is 9.47. The second kappa shape index (κ2) is 15.2. The van der Waals surface area contributed by atoms with E-state index in [2.05, 4.69) is 31.6 Å². The third-order valence-corrected chi connectivity index (χ3v) is 6.75. The van der Waals surface area contributed by atoms with Gasteiger partial charge in [0, 0.05) is 36.5 Å². The summed E-state index contributed by atoms with van der Waals surface area (Å²) in [4.78, 5) is 42.4. The minimum atomic E-state index is -0.813. The number of hydrogen-bond acceptors (Lipinski definition) is 5. The number of halogens is 1. The van der Waals surface area contributed by atoms with E-state index in [1.165, 1.54) is 7.11 Å². The fourth-order valence-corrected chi connectivity index (χ4v) is 4.77. The summed E-state index contributed by atoms with van der Waals surface area (Å²) in [5, 5.41) is 6.85. The molecule has 1 fully saturated rings. The number of amides is 2. The smallest absolute Gasteiger partial charge is 0.328 e. The summed E-state index contributed by atoms with van der Waals surface area (Å²) in [6.07, 6.45) is 15.5. The Morgan fingerprint density at radius 1 is 1.09 bits per heavy atom. The van der Waals surface area contributed by atoms with Gasteiger partial charge in [0.15, 0.2) is 0 Å². The van der Waals surface area contributed by atoms with Gasteiger partial charge < -0.3 is 15.4 Å². The van der Waals surface area contributed by atoms with E-state index in [-0.39, 0.29) is 24.2 Å². The van der Waals surface area contributed by atoms with Crippen molar-refractivity contribution in [2.45, 2.75) is 95.6 Å². The Morgan fingerprint density at radius 3 is 2.47 bits per heavy atom. The molecule has 2 atom stereocenters. The molecule has 0 aromatic rings. The van der Waals surface area contributed by atoms with Gasteiger partial charge >= 0.3 is 5.97 Å². The molecule has 0 saturated heterocycles. The molecule has 1 aliphatic carbocycles. The van der Waals surface area contributed by atoms with E-state index in [9.17, 15) is 14.4 Å². The lowest BCUT2D eigenvalue weighted by Gasteiger charge is -2.31. The first kappa shape index (κ1) is 26.6. The van der Waals surface area contributed by atoms with E-state index in [1.54, 1.807) is 6.21 Å². The Balaban J connectivity index is 1.96. The van der Waals surface area contributed by atoms with E-state index < -0.39 is 18.1 Å². The molecule has 0 spiro atoms. The van der Waals surface area contributed by atoms with Gasteiger partial charge in [0.05, 0.1) is 7.11 Å². The molecule has 1 heterocycles. The summed E-state index contributed by atoms with van der Waals surface area (Å²) in [6.45, 7) is 0. The van der Waals surface area contributed by atoms with Crippen molar-refractivity contribution in [1.82, 2.24) is 10.6 Å². The number of carbonyl (C=O) groups is 3. The maximum absolute atomic E-state index is 13.2. The zero-order valence-corrected chi connectivity index (χ0v) is 20.8. The number of nitrogens with zero attached hydrogens (tertiary/aromatic N) is 1. The van der Waals surface area contributed by atoms with Gasteiger partial charge in [0.25, 0.3) is 0 Å². The zero-order chi connectivity index (χ0) is 23.2. The molecule has 0 aromatic carbocycles. The van der Waals surface area contributed by atoms with Crippen LogP contribution in [-0.4, -0.2) is 48.5 Å². The highest BCUT2D eigenvalue weighted by Crippen LogP contribution is 2.27. The van der Waals surface area contributed by atoms with E-state index in [1.807, 2.05) is 6.08 Å². The van der Waals surface area contributed by atoms with Crippen LogP contribution in [0, 0.1) is 5.92 Å². The van der Waals surface area contributed by atoms with Gasteiger partial charge in [-0.15, -0.1) is 0 Å². The third kappa shape index (κ3) is 9.43. The van der Waals surface area contributed by atoms with Crippen LogP contribution in [0.1, 0.15) is 83.5 Å². The Morgan fingerprint density at radius 2 is 1.81 bits per heavy atom. The summed E-state index contributed by atoms with van der Waals surface area (Å²) in [6, 6.07) is -1.43. The highest BCUT2D eigenvalue weighted by atomic mass is 79.9. The fraction of sp³-hybridized carbons (Fsp3) is 0.750. The van der Waals surface area contributed by atoms with Gasteiger partial charge in [-0.1, -0.05) is 60.5 Å². The highest BCUT2D eigenvalue weighted by Gasteiger charge is 2.33. The number of ether oxygens (including phenoxy) is 1. The number of alkyl halides is 1. The average Bonchev–Trinajstić information content (AvgIpc) is 3.32. The van der Waals surface area contributed by atoms with Crippen molar-refractivity contribution in [2.75, 3.05) is 12.4 Å². The number of unbranched alkanes of at least 4 members (excludes halogenated alkanes) is 4. The fourth-order valence-electron chi connectivity index (χ4n) is 4.37. The monoisotopic (exact) mass is 511 g/mol. The second-order valence-electron chi connectivity index (χ2n) is 8.68. The molecule has 32 heavy (non-hydrogen) atoms. The molecule has 1 aliphatic heterocycles. The molecule has 2 aliphatic rings. The average molecular weight is 512 g/mol. The minimum absolute atomic E-state index is 0.0889. The first-order chi connectivity index (χ1) is 15.5. The predicted molar refractivity (Wildman–Crippen MR) is 130 cm³/mol. The standard InChI is InChI=1S/C24H38BrN3O4/c1-32-24(31)20(17-19-13-10-16-26-19)27-23(30)22(18-11-6-5-7-12-18)28-21(29)14-8-3-2-4-9-15-25/h13,16,18,20,22H,2-12,14-15,17H2,1H3,(H,27,30)(H,28,29). The van der Waals surface area contributed by atoms with Gasteiger partial charge in [-0.2, -0.15) is 0 Å². The first-order valence-electron chi connectivity index (χ1n) is 12.0. The van der Waals surface area contributed by atoms with Crippen molar-refractivity contribution in [1.29, 1.82) is 0 Å². The number of allylic oxidation sites excluding steroid dienone is 1. The van der Waals surface area contributed by atoms with Gasteiger partial charge in [0.1, 0.15) is 12.1 Å². The molecule has 2 rings (SSSR count). The van der Waals surface area contributed by atoms with Crippen LogP contribution in [0.3, 0.4) is 0 Å². The molecule has 2 unspecified atom stereocenters. The van der Waals surface area contributed by atoms with Gasteiger partial charge in [-0.25, -0.2) is 4.79 Å². The molecular weight excluding hydrogens is 474 g/mol. The van der Waals surface area contributed by atoms with Crippen LogP contribution in [0.4, 0.5) is 0 Å². The number of methoxy groups -OCH3 is 1. The molecule has 7 nitrogen and oxygen atoms in total. The topological polar surface area (TPSA) is 96.9 Å². The molecule has 0 aromatic heterocycles. The minimum Gasteiger partial charge on any atom is -0.467 e. The summed E-state index contributed by atoms with van der Waals surface area (Å²) in [7, 11) is 1.31. The van der Waals surface area contributed by atoms with E-state index in [0.717, 1.165) is 81.7 Å². The van der Waals surface area contributed by atoms with Crippen LogP contribution in [0.5, 0.6) is 0 Å². The van der Waals surface area contributed by atoms with Gasteiger partial charge in [-0.05, 0) is 31.6 Å². The summed E-state index contributed by atoms with van der Waals surface area (Å²) in [5.74, 6) is -0.804. The van der Waals surface area contributed by atoms with Crippen molar-refractivity contribution in [2.24, 2.45) is 10.9 Å². The van der Waals surface area contributed by atoms with Crippen LogP contribution in [0.15, 0.2) is 16.8 Å². The molecular formula is C24H38BrN3O4. The normalized spacial score (nSPS) is 18.0. The number of aliphatic imine (C=N–C) groups is 1. The van der Waals surface area contributed by atoms with Crippen LogP contribution < -0.4 is 10.6 Å². The number of nitrogens with one attached hydrogen (secondary N) is 2. The van der Waals surface area contributed by atoms with Crippen molar-refractivity contribution < 1.29 is 19.1 Å². The van der Waals surface area contributed by atoms with Crippen LogP contribution in [0.2, 0.25) is 0 Å². The van der Waals surface area contributed by atoms with Crippen LogP contribution in [-0.2, 0) is 19.1 Å². The molecule has 180 valence electrons.